The number of hydrogen-bond donors (Lipinski definition) is 2. The first kappa shape index (κ1) is 20.6. The van der Waals surface area contributed by atoms with Gasteiger partial charge in [-0.2, -0.15) is 0 Å². The Hall–Kier alpha value is -2.70. The largest absolute Gasteiger partial charge is 0.325 e. The molecule has 2 aromatic carbocycles. The van der Waals surface area contributed by atoms with Crippen LogP contribution < -0.4 is 10.6 Å². The molecule has 142 valence electrons. The van der Waals surface area contributed by atoms with E-state index in [2.05, 4.69) is 10.6 Å². The summed E-state index contributed by atoms with van der Waals surface area (Å²) >= 11 is 5.82. The van der Waals surface area contributed by atoms with Gasteiger partial charge in [-0.3, -0.25) is 19.3 Å². The van der Waals surface area contributed by atoms with Gasteiger partial charge in [-0.15, -0.1) is 0 Å². The zero-order valence-corrected chi connectivity index (χ0v) is 16.2. The SMILES string of the molecule is CC(=O)c1ccc(NC(=O)[C@@H](C)N(C)CC(=O)Nc2ccc(Cl)cc2)cc1. The maximum atomic E-state index is 12.4. The van der Waals surface area contributed by atoms with E-state index in [0.29, 0.717) is 22.0 Å². The highest BCUT2D eigenvalue weighted by Crippen LogP contribution is 2.14. The maximum absolute atomic E-state index is 12.4. The lowest BCUT2D eigenvalue weighted by Crippen LogP contribution is -2.43. The molecule has 2 rings (SSSR count). The van der Waals surface area contributed by atoms with Crippen molar-refractivity contribution in [1.29, 1.82) is 0 Å². The molecule has 0 aliphatic heterocycles. The molecule has 0 saturated heterocycles. The van der Waals surface area contributed by atoms with E-state index >= 15 is 0 Å². The minimum absolute atomic E-state index is 0.0346. The number of Topliss-reactive ketones (excluding diaryl/α,β-unsaturated/α-hetero) is 1. The normalized spacial score (nSPS) is 11.7. The predicted molar refractivity (Wildman–Crippen MR) is 107 cm³/mol. The molecular formula is C20H22ClN3O3. The molecule has 0 aliphatic rings. The van der Waals surface area contributed by atoms with Gasteiger partial charge in [-0.1, -0.05) is 11.6 Å². The van der Waals surface area contributed by atoms with E-state index in [9.17, 15) is 14.4 Å². The lowest BCUT2D eigenvalue weighted by molar-refractivity contribution is -0.122. The number of nitrogens with zero attached hydrogens (tertiary/aromatic N) is 1. The van der Waals surface area contributed by atoms with Gasteiger partial charge in [0, 0.05) is 22.0 Å². The first-order chi connectivity index (χ1) is 12.8. The molecular weight excluding hydrogens is 366 g/mol. The van der Waals surface area contributed by atoms with Gasteiger partial charge in [-0.05, 0) is 69.4 Å². The Labute approximate surface area is 163 Å². The number of likely N-dealkylation sites (N-methyl/N-ethyl adjacent to an activating group) is 1. The van der Waals surface area contributed by atoms with Crippen LogP contribution in [-0.2, 0) is 9.59 Å². The van der Waals surface area contributed by atoms with E-state index in [0.717, 1.165) is 0 Å². The number of rotatable bonds is 7. The van der Waals surface area contributed by atoms with E-state index in [1.165, 1.54) is 6.92 Å². The third-order valence-corrected chi connectivity index (χ3v) is 4.37. The van der Waals surface area contributed by atoms with Crippen LogP contribution in [0.25, 0.3) is 0 Å². The fraction of sp³-hybridized carbons (Fsp3) is 0.250. The fourth-order valence-corrected chi connectivity index (χ4v) is 2.46. The van der Waals surface area contributed by atoms with Crippen LogP contribution in [0, 0.1) is 0 Å². The Balaban J connectivity index is 1.88. The van der Waals surface area contributed by atoms with Crippen molar-refractivity contribution in [3.05, 3.63) is 59.1 Å². The van der Waals surface area contributed by atoms with Crippen molar-refractivity contribution in [3.63, 3.8) is 0 Å². The molecule has 0 fully saturated rings. The zero-order valence-electron chi connectivity index (χ0n) is 15.5. The predicted octanol–water partition coefficient (Wildman–Crippen LogP) is 3.44. The van der Waals surface area contributed by atoms with Gasteiger partial charge in [0.25, 0.3) is 0 Å². The average molecular weight is 388 g/mol. The summed E-state index contributed by atoms with van der Waals surface area (Å²) in [5, 5.41) is 6.13. The summed E-state index contributed by atoms with van der Waals surface area (Å²) in [6, 6.07) is 12.9. The molecule has 2 N–H and O–H groups in total. The summed E-state index contributed by atoms with van der Waals surface area (Å²) in [5.74, 6) is -0.509. The molecule has 0 aliphatic carbocycles. The third kappa shape index (κ3) is 6.20. The fourth-order valence-electron chi connectivity index (χ4n) is 2.33. The number of anilines is 2. The van der Waals surface area contributed by atoms with Crippen molar-refractivity contribution < 1.29 is 14.4 Å². The van der Waals surface area contributed by atoms with Gasteiger partial charge in [-0.25, -0.2) is 0 Å². The number of ketones is 1. The zero-order chi connectivity index (χ0) is 20.0. The minimum atomic E-state index is -0.520. The van der Waals surface area contributed by atoms with Crippen LogP contribution in [0.4, 0.5) is 11.4 Å². The lowest BCUT2D eigenvalue weighted by Gasteiger charge is -2.23. The Morgan fingerprint density at radius 1 is 0.963 bits per heavy atom. The summed E-state index contributed by atoms with van der Waals surface area (Å²) in [4.78, 5) is 37.5. The molecule has 0 unspecified atom stereocenters. The van der Waals surface area contributed by atoms with Gasteiger partial charge >= 0.3 is 0 Å². The third-order valence-electron chi connectivity index (χ3n) is 4.12. The first-order valence-corrected chi connectivity index (χ1v) is 8.81. The molecule has 0 heterocycles. The van der Waals surface area contributed by atoms with Crippen LogP contribution in [-0.4, -0.2) is 42.1 Å². The first-order valence-electron chi connectivity index (χ1n) is 8.44. The van der Waals surface area contributed by atoms with Crippen LogP contribution in [0.2, 0.25) is 5.02 Å². The van der Waals surface area contributed by atoms with Gasteiger partial charge < -0.3 is 10.6 Å². The number of benzene rings is 2. The molecule has 0 aromatic heterocycles. The number of carbonyl (C=O) groups excluding carboxylic acids is 3. The van der Waals surface area contributed by atoms with E-state index < -0.39 is 6.04 Å². The van der Waals surface area contributed by atoms with E-state index in [1.54, 1.807) is 67.4 Å². The van der Waals surface area contributed by atoms with Crippen LogP contribution in [0.1, 0.15) is 24.2 Å². The molecule has 7 heteroatoms. The average Bonchev–Trinajstić information content (AvgIpc) is 2.63. The summed E-state index contributed by atoms with van der Waals surface area (Å²) in [6.45, 7) is 3.26. The molecule has 0 saturated carbocycles. The highest BCUT2D eigenvalue weighted by Gasteiger charge is 2.20. The van der Waals surface area contributed by atoms with Crippen molar-refractivity contribution in [1.82, 2.24) is 4.90 Å². The van der Waals surface area contributed by atoms with Gasteiger partial charge in [0.2, 0.25) is 11.8 Å². The topological polar surface area (TPSA) is 78.5 Å². The minimum Gasteiger partial charge on any atom is -0.325 e. The Morgan fingerprint density at radius 3 is 2.04 bits per heavy atom. The Morgan fingerprint density at radius 2 is 1.48 bits per heavy atom. The number of carbonyl (C=O) groups is 3. The maximum Gasteiger partial charge on any atom is 0.241 e. The highest BCUT2D eigenvalue weighted by molar-refractivity contribution is 6.30. The second-order valence-electron chi connectivity index (χ2n) is 6.27. The van der Waals surface area contributed by atoms with Crippen LogP contribution in [0.3, 0.4) is 0 Å². The van der Waals surface area contributed by atoms with Gasteiger partial charge in [0.15, 0.2) is 5.78 Å². The van der Waals surface area contributed by atoms with Crippen molar-refractivity contribution >= 4 is 40.6 Å². The standard InChI is InChI=1S/C20H22ClN3O3/c1-13(20(27)23-18-8-4-15(5-9-18)14(2)25)24(3)12-19(26)22-17-10-6-16(21)7-11-17/h4-11,13H,12H2,1-3H3,(H,22,26)(H,23,27)/t13-/m1/s1. The highest BCUT2D eigenvalue weighted by atomic mass is 35.5. The van der Waals surface area contributed by atoms with Crippen LogP contribution in [0.15, 0.2) is 48.5 Å². The molecule has 1 atom stereocenters. The lowest BCUT2D eigenvalue weighted by atomic mass is 10.1. The van der Waals surface area contributed by atoms with Crippen molar-refractivity contribution in [2.24, 2.45) is 0 Å². The molecule has 2 aromatic rings. The second kappa shape index (κ2) is 9.30. The number of hydrogen-bond acceptors (Lipinski definition) is 4. The summed E-state index contributed by atoms with van der Waals surface area (Å²) in [7, 11) is 1.70. The Bertz CT molecular complexity index is 819. The number of nitrogens with one attached hydrogen (secondary N) is 2. The van der Waals surface area contributed by atoms with E-state index in [1.807, 2.05) is 0 Å². The van der Waals surface area contributed by atoms with Gasteiger partial charge in [0.05, 0.1) is 12.6 Å². The Kier molecular flexibility index (Phi) is 7.10. The molecule has 0 radical (unpaired) electrons. The second-order valence-corrected chi connectivity index (χ2v) is 6.71. The summed E-state index contributed by atoms with van der Waals surface area (Å²) in [5.41, 5.74) is 1.81. The van der Waals surface area contributed by atoms with Crippen molar-refractivity contribution in [2.75, 3.05) is 24.2 Å². The molecule has 2 amide bonds. The van der Waals surface area contributed by atoms with Crippen LogP contribution >= 0.6 is 11.6 Å². The molecule has 0 spiro atoms. The summed E-state index contributed by atoms with van der Waals surface area (Å²) < 4.78 is 0. The molecule has 27 heavy (non-hydrogen) atoms. The van der Waals surface area contributed by atoms with Crippen molar-refractivity contribution in [2.45, 2.75) is 19.9 Å². The molecule has 6 nitrogen and oxygen atoms in total. The van der Waals surface area contributed by atoms with E-state index in [4.69, 9.17) is 11.6 Å². The number of halogens is 1. The van der Waals surface area contributed by atoms with Crippen molar-refractivity contribution in [3.8, 4) is 0 Å². The van der Waals surface area contributed by atoms with E-state index in [-0.39, 0.29) is 24.1 Å². The van der Waals surface area contributed by atoms with Gasteiger partial charge in [0.1, 0.15) is 0 Å². The summed E-state index contributed by atoms with van der Waals surface area (Å²) in [6.07, 6.45) is 0. The monoisotopic (exact) mass is 387 g/mol. The quantitative estimate of drug-likeness (QED) is 0.713. The smallest absolute Gasteiger partial charge is 0.241 e. The number of amides is 2. The van der Waals surface area contributed by atoms with Crippen LogP contribution in [0.5, 0.6) is 0 Å². The molecule has 0 bridgehead atoms.